The van der Waals surface area contributed by atoms with E-state index in [4.69, 9.17) is 19.2 Å². The lowest BCUT2D eigenvalue weighted by atomic mass is 10.1. The Morgan fingerprint density at radius 1 is 1.00 bits per heavy atom. The first-order chi connectivity index (χ1) is 16.1. The number of carbonyl (C=O) groups is 1. The molecule has 170 valence electrons. The molecule has 0 fully saturated rings. The van der Waals surface area contributed by atoms with Gasteiger partial charge in [0.1, 0.15) is 27.5 Å². The van der Waals surface area contributed by atoms with Crippen molar-refractivity contribution >= 4 is 32.6 Å². The highest BCUT2D eigenvalue weighted by Gasteiger charge is 2.23. The lowest BCUT2D eigenvalue weighted by molar-refractivity contribution is -0.118. The third-order valence-electron chi connectivity index (χ3n) is 5.07. The van der Waals surface area contributed by atoms with Crippen LogP contribution in [0.2, 0.25) is 0 Å². The number of fused-ring (bicyclic) bond motifs is 1. The highest BCUT2D eigenvalue weighted by molar-refractivity contribution is 7.22. The third-order valence-corrected chi connectivity index (χ3v) is 6.16. The van der Waals surface area contributed by atoms with E-state index in [1.807, 2.05) is 61.5 Å². The Balaban J connectivity index is 1.69. The Morgan fingerprint density at radius 2 is 1.76 bits per heavy atom. The van der Waals surface area contributed by atoms with Gasteiger partial charge in [-0.05, 0) is 48.9 Å². The number of amides is 1. The van der Waals surface area contributed by atoms with Gasteiger partial charge in [-0.15, -0.1) is 0 Å². The summed E-state index contributed by atoms with van der Waals surface area (Å²) in [6.07, 6.45) is 1.94. The van der Waals surface area contributed by atoms with Crippen LogP contribution in [0, 0.1) is 0 Å². The number of benzene rings is 2. The molecular weight excluding hydrogens is 438 g/mol. The summed E-state index contributed by atoms with van der Waals surface area (Å²) in [6, 6.07) is 16.9. The molecule has 0 atom stereocenters. The molecule has 0 aliphatic rings. The largest absolute Gasteiger partial charge is 0.495 e. The van der Waals surface area contributed by atoms with Crippen molar-refractivity contribution in [2.45, 2.75) is 19.9 Å². The number of rotatable bonds is 9. The van der Waals surface area contributed by atoms with Gasteiger partial charge in [-0.3, -0.25) is 14.7 Å². The van der Waals surface area contributed by atoms with Gasteiger partial charge in [0.2, 0.25) is 5.91 Å². The molecule has 0 unspecified atom stereocenters. The number of carbonyl (C=O) groups excluding carboxylic acids is 1. The molecule has 0 N–H and O–H groups in total. The van der Waals surface area contributed by atoms with E-state index < -0.39 is 0 Å². The first-order valence-corrected chi connectivity index (χ1v) is 11.4. The maximum absolute atomic E-state index is 13.5. The van der Waals surface area contributed by atoms with Crippen LogP contribution in [0.4, 0.5) is 5.13 Å². The topological polar surface area (TPSA) is 73.8 Å². The van der Waals surface area contributed by atoms with Gasteiger partial charge in [-0.2, -0.15) is 0 Å². The molecule has 4 rings (SSSR count). The average molecular weight is 464 g/mol. The maximum atomic E-state index is 13.5. The van der Waals surface area contributed by atoms with E-state index in [1.165, 1.54) is 11.3 Å². The fourth-order valence-electron chi connectivity index (χ4n) is 3.45. The van der Waals surface area contributed by atoms with E-state index in [9.17, 15) is 4.79 Å². The zero-order valence-corrected chi connectivity index (χ0v) is 19.6. The van der Waals surface area contributed by atoms with Gasteiger partial charge in [0, 0.05) is 6.20 Å². The van der Waals surface area contributed by atoms with E-state index in [2.05, 4.69) is 4.98 Å². The van der Waals surface area contributed by atoms with Crippen LogP contribution >= 0.6 is 11.3 Å². The summed E-state index contributed by atoms with van der Waals surface area (Å²) in [5.74, 6) is 2.02. The predicted molar refractivity (Wildman–Crippen MR) is 129 cm³/mol. The first kappa shape index (κ1) is 22.5. The van der Waals surface area contributed by atoms with E-state index in [0.717, 1.165) is 21.7 Å². The van der Waals surface area contributed by atoms with Crippen molar-refractivity contribution in [3.05, 3.63) is 72.1 Å². The quantitative estimate of drug-likeness (QED) is 0.352. The number of anilines is 1. The van der Waals surface area contributed by atoms with Crippen molar-refractivity contribution in [2.24, 2.45) is 0 Å². The second-order valence-corrected chi connectivity index (χ2v) is 8.18. The van der Waals surface area contributed by atoms with Gasteiger partial charge >= 0.3 is 0 Å². The molecule has 1 amide bonds. The number of hydrogen-bond acceptors (Lipinski definition) is 7. The summed E-state index contributed by atoms with van der Waals surface area (Å²) >= 11 is 1.39. The fourth-order valence-corrected chi connectivity index (χ4v) is 4.54. The molecule has 0 saturated heterocycles. The second kappa shape index (κ2) is 10.3. The van der Waals surface area contributed by atoms with Crippen LogP contribution in [0.1, 0.15) is 18.2 Å². The summed E-state index contributed by atoms with van der Waals surface area (Å²) in [4.78, 5) is 24.3. The van der Waals surface area contributed by atoms with Gasteiger partial charge < -0.3 is 14.2 Å². The van der Waals surface area contributed by atoms with Crippen LogP contribution < -0.4 is 19.1 Å². The van der Waals surface area contributed by atoms with E-state index in [1.54, 1.807) is 25.3 Å². The highest BCUT2D eigenvalue weighted by Crippen LogP contribution is 2.40. The van der Waals surface area contributed by atoms with Crippen LogP contribution in [0.3, 0.4) is 0 Å². The summed E-state index contributed by atoms with van der Waals surface area (Å²) in [5, 5.41) is 0.564. The van der Waals surface area contributed by atoms with Crippen molar-refractivity contribution in [1.82, 2.24) is 9.97 Å². The molecule has 0 bridgehead atoms. The standard InChI is InChI=1S/C25H25N3O4S/c1-4-32-19-10-8-17(9-11-19)15-22(29)28(16-18-7-5-6-14-26-18)25-27-23-20(30-2)12-13-21(31-3)24(23)33-25/h5-14H,4,15-16H2,1-3H3. The highest BCUT2D eigenvalue weighted by atomic mass is 32.1. The van der Waals surface area contributed by atoms with Gasteiger partial charge in [0.05, 0.1) is 39.5 Å². The zero-order valence-electron chi connectivity index (χ0n) is 18.8. The molecule has 0 saturated carbocycles. The van der Waals surface area contributed by atoms with Crippen LogP contribution in [0.25, 0.3) is 10.2 Å². The minimum absolute atomic E-state index is 0.0817. The summed E-state index contributed by atoms with van der Waals surface area (Å²) in [6.45, 7) is 2.84. The van der Waals surface area contributed by atoms with Gasteiger partial charge in [0.25, 0.3) is 0 Å². The molecule has 0 radical (unpaired) electrons. The molecule has 33 heavy (non-hydrogen) atoms. The molecule has 0 aliphatic carbocycles. The number of hydrogen-bond donors (Lipinski definition) is 0. The van der Waals surface area contributed by atoms with Crippen LogP contribution in [0.5, 0.6) is 17.2 Å². The maximum Gasteiger partial charge on any atom is 0.233 e. The van der Waals surface area contributed by atoms with Gasteiger partial charge in [0.15, 0.2) is 5.13 Å². The molecule has 4 aromatic rings. The predicted octanol–water partition coefficient (Wildman–Crippen LogP) is 4.88. The number of aromatic nitrogens is 2. The summed E-state index contributed by atoms with van der Waals surface area (Å²) < 4.78 is 17.3. The van der Waals surface area contributed by atoms with E-state index in [-0.39, 0.29) is 12.3 Å². The van der Waals surface area contributed by atoms with Crippen molar-refractivity contribution in [1.29, 1.82) is 0 Å². The number of ether oxygens (including phenoxy) is 3. The van der Waals surface area contributed by atoms with E-state index in [0.29, 0.717) is 35.3 Å². The number of methoxy groups -OCH3 is 2. The van der Waals surface area contributed by atoms with Crippen molar-refractivity contribution in [2.75, 3.05) is 25.7 Å². The summed E-state index contributed by atoms with van der Waals surface area (Å²) in [7, 11) is 3.21. The van der Waals surface area contributed by atoms with Gasteiger partial charge in [-0.1, -0.05) is 29.5 Å². The average Bonchev–Trinajstić information content (AvgIpc) is 3.29. The molecule has 0 aliphatic heterocycles. The second-order valence-electron chi connectivity index (χ2n) is 7.20. The Morgan fingerprint density at radius 3 is 2.42 bits per heavy atom. The van der Waals surface area contributed by atoms with Crippen LogP contribution in [-0.4, -0.2) is 36.7 Å². The Kier molecular flexibility index (Phi) is 7.04. The van der Waals surface area contributed by atoms with Gasteiger partial charge in [-0.25, -0.2) is 4.98 Å². The first-order valence-electron chi connectivity index (χ1n) is 10.6. The van der Waals surface area contributed by atoms with E-state index >= 15 is 0 Å². The third kappa shape index (κ3) is 5.06. The zero-order chi connectivity index (χ0) is 23.2. The molecule has 8 heteroatoms. The molecule has 2 aromatic carbocycles. The van der Waals surface area contributed by atoms with Crippen molar-refractivity contribution in [3.63, 3.8) is 0 Å². The Hall–Kier alpha value is -3.65. The number of nitrogens with zero attached hydrogens (tertiary/aromatic N) is 3. The van der Waals surface area contributed by atoms with Crippen molar-refractivity contribution < 1.29 is 19.0 Å². The number of pyridine rings is 1. The minimum atomic E-state index is -0.0817. The number of thiazole rings is 1. The molecule has 2 heterocycles. The normalized spacial score (nSPS) is 10.8. The lowest BCUT2D eigenvalue weighted by Crippen LogP contribution is -2.32. The lowest BCUT2D eigenvalue weighted by Gasteiger charge is -2.19. The molecule has 7 nitrogen and oxygen atoms in total. The SMILES string of the molecule is CCOc1ccc(CC(=O)N(Cc2ccccn2)c2nc3c(OC)ccc(OC)c3s2)cc1. The molecular formula is C25H25N3O4S. The molecule has 0 spiro atoms. The summed E-state index contributed by atoms with van der Waals surface area (Å²) in [5.41, 5.74) is 2.33. The van der Waals surface area contributed by atoms with Crippen LogP contribution in [-0.2, 0) is 17.8 Å². The minimum Gasteiger partial charge on any atom is -0.495 e. The monoisotopic (exact) mass is 463 g/mol. The fraction of sp³-hybridized carbons (Fsp3) is 0.240. The van der Waals surface area contributed by atoms with Crippen molar-refractivity contribution in [3.8, 4) is 17.2 Å². The molecule has 2 aromatic heterocycles. The Bertz CT molecular complexity index is 1180. The Labute approximate surface area is 196 Å². The smallest absolute Gasteiger partial charge is 0.233 e. The van der Waals surface area contributed by atoms with Crippen LogP contribution in [0.15, 0.2) is 60.8 Å².